The number of hydrogen-bond acceptors (Lipinski definition) is 4. The molecule has 0 radical (unpaired) electrons. The van der Waals surface area contributed by atoms with Gasteiger partial charge < -0.3 is 5.11 Å². The molecule has 0 aliphatic rings. The zero-order valence-corrected chi connectivity index (χ0v) is 8.08. The molecular formula is C10H9N3O2. The number of aromatic hydroxyl groups is 1. The predicted molar refractivity (Wildman–Crippen MR) is 53.5 cm³/mol. The maximum absolute atomic E-state index is 10.8. The van der Waals surface area contributed by atoms with Crippen LogP contribution in [-0.4, -0.2) is 26.4 Å². The molecule has 0 amide bonds. The van der Waals surface area contributed by atoms with Crippen LogP contribution in [0.4, 0.5) is 0 Å². The highest BCUT2D eigenvalue weighted by atomic mass is 16.3. The summed E-state index contributed by atoms with van der Waals surface area (Å²) in [5.74, 6) is 0.134. The van der Waals surface area contributed by atoms with Gasteiger partial charge in [0.05, 0.1) is 0 Å². The van der Waals surface area contributed by atoms with E-state index in [4.69, 9.17) is 0 Å². The Morgan fingerprint density at radius 2 is 2.27 bits per heavy atom. The summed E-state index contributed by atoms with van der Waals surface area (Å²) in [6.07, 6.45) is 0.694. The van der Waals surface area contributed by atoms with Crippen molar-refractivity contribution in [3.8, 4) is 17.0 Å². The summed E-state index contributed by atoms with van der Waals surface area (Å²) in [4.78, 5) is 10.8. The summed E-state index contributed by atoms with van der Waals surface area (Å²) in [6.45, 7) is 0. The normalized spacial score (nSPS) is 10.2. The summed E-state index contributed by atoms with van der Waals surface area (Å²) in [5.41, 5.74) is 1.54. The quantitative estimate of drug-likeness (QED) is 0.739. The Bertz CT molecular complexity index is 505. The van der Waals surface area contributed by atoms with Crippen molar-refractivity contribution in [1.29, 1.82) is 0 Å². The van der Waals surface area contributed by atoms with Crippen LogP contribution in [0.1, 0.15) is 10.5 Å². The maximum atomic E-state index is 10.8. The average molecular weight is 203 g/mol. The molecule has 0 saturated carbocycles. The molecular weight excluding hydrogens is 194 g/mol. The molecule has 1 aromatic carbocycles. The third-order valence-corrected chi connectivity index (χ3v) is 2.10. The van der Waals surface area contributed by atoms with Crippen LogP contribution < -0.4 is 0 Å². The van der Waals surface area contributed by atoms with Gasteiger partial charge in [-0.05, 0) is 12.1 Å². The minimum Gasteiger partial charge on any atom is -0.508 e. The lowest BCUT2D eigenvalue weighted by atomic mass is 10.1. The Labute approximate surface area is 86.0 Å². The maximum Gasteiger partial charge on any atom is 0.170 e. The van der Waals surface area contributed by atoms with Crippen molar-refractivity contribution in [3.63, 3.8) is 0 Å². The summed E-state index contributed by atoms with van der Waals surface area (Å²) in [5, 5.41) is 16.9. The van der Waals surface area contributed by atoms with Gasteiger partial charge in [-0.2, -0.15) is 0 Å². The molecule has 2 aromatic rings. The number of hydrogen-bond donors (Lipinski definition) is 1. The fourth-order valence-electron chi connectivity index (χ4n) is 1.36. The number of phenols is 1. The monoisotopic (exact) mass is 203 g/mol. The Balaban J connectivity index is 2.58. The van der Waals surface area contributed by atoms with E-state index in [1.807, 2.05) is 0 Å². The fraction of sp³-hybridized carbons (Fsp3) is 0.100. The van der Waals surface area contributed by atoms with E-state index in [-0.39, 0.29) is 5.75 Å². The Morgan fingerprint density at radius 3 is 2.93 bits per heavy atom. The van der Waals surface area contributed by atoms with E-state index < -0.39 is 0 Å². The standard InChI is InChI=1S/C10H9N3O2/c1-13-9(6-14)10(11-12-13)7-3-2-4-8(15)5-7/h2-6,15H,1H3. The zero-order chi connectivity index (χ0) is 10.8. The van der Waals surface area contributed by atoms with Crippen molar-refractivity contribution in [3.05, 3.63) is 30.0 Å². The largest absolute Gasteiger partial charge is 0.508 e. The van der Waals surface area contributed by atoms with E-state index in [0.29, 0.717) is 23.2 Å². The van der Waals surface area contributed by atoms with Gasteiger partial charge in [0.1, 0.15) is 17.1 Å². The second kappa shape index (κ2) is 3.53. The number of aryl methyl sites for hydroxylation is 1. The van der Waals surface area contributed by atoms with E-state index in [9.17, 15) is 9.90 Å². The van der Waals surface area contributed by atoms with Crippen LogP contribution >= 0.6 is 0 Å². The van der Waals surface area contributed by atoms with Crippen LogP contribution in [0.5, 0.6) is 5.75 Å². The lowest BCUT2D eigenvalue weighted by Crippen LogP contribution is -1.96. The van der Waals surface area contributed by atoms with Crippen LogP contribution in [0.2, 0.25) is 0 Å². The van der Waals surface area contributed by atoms with Crippen molar-refractivity contribution in [2.75, 3.05) is 0 Å². The molecule has 1 heterocycles. The Hall–Kier alpha value is -2.17. The van der Waals surface area contributed by atoms with Crippen molar-refractivity contribution in [2.45, 2.75) is 0 Å². The van der Waals surface area contributed by atoms with Crippen molar-refractivity contribution < 1.29 is 9.90 Å². The molecule has 0 fully saturated rings. The van der Waals surface area contributed by atoms with E-state index in [1.54, 1.807) is 25.2 Å². The molecule has 0 bridgehead atoms. The fourth-order valence-corrected chi connectivity index (χ4v) is 1.36. The third kappa shape index (κ3) is 1.59. The Morgan fingerprint density at radius 1 is 1.47 bits per heavy atom. The van der Waals surface area contributed by atoms with Crippen LogP contribution in [0.25, 0.3) is 11.3 Å². The predicted octanol–water partition coefficient (Wildman–Crippen LogP) is 1.00. The number of benzene rings is 1. The van der Waals surface area contributed by atoms with E-state index in [1.165, 1.54) is 10.7 Å². The van der Waals surface area contributed by atoms with E-state index >= 15 is 0 Å². The highest BCUT2D eigenvalue weighted by Crippen LogP contribution is 2.22. The SMILES string of the molecule is Cn1nnc(-c2cccc(O)c2)c1C=O. The average Bonchev–Trinajstić information content (AvgIpc) is 2.59. The van der Waals surface area contributed by atoms with Gasteiger partial charge in [0.25, 0.3) is 0 Å². The van der Waals surface area contributed by atoms with Gasteiger partial charge in [-0.25, -0.2) is 4.68 Å². The first-order valence-corrected chi connectivity index (χ1v) is 4.36. The van der Waals surface area contributed by atoms with Gasteiger partial charge in [0, 0.05) is 12.6 Å². The van der Waals surface area contributed by atoms with Crippen LogP contribution in [0, 0.1) is 0 Å². The minimum absolute atomic E-state index is 0.134. The first-order chi connectivity index (χ1) is 7.22. The molecule has 1 aromatic heterocycles. The van der Waals surface area contributed by atoms with E-state index in [2.05, 4.69) is 10.3 Å². The summed E-state index contributed by atoms with van der Waals surface area (Å²) < 4.78 is 1.40. The zero-order valence-electron chi connectivity index (χ0n) is 8.08. The summed E-state index contributed by atoms with van der Waals surface area (Å²) in [6, 6.07) is 6.54. The van der Waals surface area contributed by atoms with Crippen LogP contribution in [-0.2, 0) is 7.05 Å². The number of carbonyl (C=O) groups excluding carboxylic acids is 1. The van der Waals surface area contributed by atoms with Gasteiger partial charge in [-0.1, -0.05) is 17.3 Å². The highest BCUT2D eigenvalue weighted by Gasteiger charge is 2.11. The number of carbonyl (C=O) groups is 1. The molecule has 0 unspecified atom stereocenters. The summed E-state index contributed by atoms with van der Waals surface area (Å²) in [7, 11) is 1.64. The first-order valence-electron chi connectivity index (χ1n) is 4.36. The lowest BCUT2D eigenvalue weighted by Gasteiger charge is -1.98. The molecule has 15 heavy (non-hydrogen) atoms. The third-order valence-electron chi connectivity index (χ3n) is 2.10. The molecule has 0 saturated heterocycles. The number of aldehydes is 1. The summed E-state index contributed by atoms with van der Waals surface area (Å²) >= 11 is 0. The van der Waals surface area contributed by atoms with Gasteiger partial charge in [-0.3, -0.25) is 4.79 Å². The molecule has 1 N–H and O–H groups in total. The van der Waals surface area contributed by atoms with Crippen LogP contribution in [0.3, 0.4) is 0 Å². The number of aromatic nitrogens is 3. The molecule has 0 aliphatic heterocycles. The number of phenolic OH excluding ortho intramolecular Hbond substituents is 1. The van der Waals surface area contributed by atoms with Crippen molar-refractivity contribution >= 4 is 6.29 Å². The Kier molecular flexibility index (Phi) is 2.21. The van der Waals surface area contributed by atoms with Crippen molar-refractivity contribution in [2.24, 2.45) is 7.05 Å². The molecule has 0 aliphatic carbocycles. The number of rotatable bonds is 2. The van der Waals surface area contributed by atoms with Crippen LogP contribution in [0.15, 0.2) is 24.3 Å². The van der Waals surface area contributed by atoms with Gasteiger partial charge in [0.2, 0.25) is 0 Å². The molecule has 5 heteroatoms. The van der Waals surface area contributed by atoms with E-state index in [0.717, 1.165) is 0 Å². The highest BCUT2D eigenvalue weighted by molar-refractivity contribution is 5.83. The first kappa shape index (κ1) is 9.39. The molecule has 5 nitrogen and oxygen atoms in total. The topological polar surface area (TPSA) is 68.0 Å². The molecule has 0 atom stereocenters. The smallest absolute Gasteiger partial charge is 0.170 e. The second-order valence-corrected chi connectivity index (χ2v) is 3.12. The van der Waals surface area contributed by atoms with Crippen molar-refractivity contribution in [1.82, 2.24) is 15.0 Å². The minimum atomic E-state index is 0.134. The molecule has 2 rings (SSSR count). The van der Waals surface area contributed by atoms with Gasteiger partial charge in [0.15, 0.2) is 6.29 Å². The lowest BCUT2D eigenvalue weighted by molar-refractivity contribution is 0.111. The molecule has 76 valence electrons. The van der Waals surface area contributed by atoms with Gasteiger partial charge in [-0.15, -0.1) is 5.10 Å². The van der Waals surface area contributed by atoms with Gasteiger partial charge >= 0.3 is 0 Å². The second-order valence-electron chi connectivity index (χ2n) is 3.12. The number of nitrogens with zero attached hydrogens (tertiary/aromatic N) is 3. The molecule has 0 spiro atoms.